The third-order valence-corrected chi connectivity index (χ3v) is 8.81. The van der Waals surface area contributed by atoms with Gasteiger partial charge >= 0.3 is 0 Å². The van der Waals surface area contributed by atoms with Crippen molar-refractivity contribution in [2.75, 3.05) is 32.7 Å². The lowest BCUT2D eigenvalue weighted by Crippen LogP contribution is -2.52. The van der Waals surface area contributed by atoms with Gasteiger partial charge in [-0.15, -0.1) is 0 Å². The summed E-state index contributed by atoms with van der Waals surface area (Å²) in [7, 11) is -3.54. The second kappa shape index (κ2) is 8.67. The molecule has 2 heterocycles. The van der Waals surface area contributed by atoms with Crippen molar-refractivity contribution in [1.29, 1.82) is 0 Å². The topological polar surface area (TPSA) is 78.0 Å². The average molecular weight is 434 g/mol. The molecule has 0 spiro atoms. The Hall–Kier alpha value is -1.93. The SMILES string of the molecule is CC1CCCCN1S(=O)(=O)c1ccc(C(=O)N2CCN(C(=O)C3CCC3)CC2)cc1. The van der Waals surface area contributed by atoms with Crippen LogP contribution in [-0.2, 0) is 14.8 Å². The van der Waals surface area contributed by atoms with Gasteiger partial charge in [0.2, 0.25) is 15.9 Å². The molecule has 3 aliphatic rings. The quantitative estimate of drug-likeness (QED) is 0.730. The molecule has 0 aromatic heterocycles. The highest BCUT2D eigenvalue weighted by Gasteiger charge is 2.33. The van der Waals surface area contributed by atoms with Crippen molar-refractivity contribution in [3.05, 3.63) is 29.8 Å². The maximum atomic E-state index is 13.0. The molecule has 1 atom stereocenters. The highest BCUT2D eigenvalue weighted by Crippen LogP contribution is 2.29. The summed E-state index contributed by atoms with van der Waals surface area (Å²) in [5.41, 5.74) is 0.486. The molecule has 0 N–H and O–H groups in total. The van der Waals surface area contributed by atoms with Crippen molar-refractivity contribution in [3.8, 4) is 0 Å². The first-order valence-corrected chi connectivity index (χ1v) is 12.5. The van der Waals surface area contributed by atoms with Gasteiger partial charge in [-0.3, -0.25) is 9.59 Å². The molecule has 2 aliphatic heterocycles. The van der Waals surface area contributed by atoms with Gasteiger partial charge in [0, 0.05) is 50.2 Å². The van der Waals surface area contributed by atoms with Gasteiger partial charge in [-0.05, 0) is 56.9 Å². The molecule has 1 saturated carbocycles. The largest absolute Gasteiger partial charge is 0.339 e. The fraction of sp³-hybridized carbons (Fsp3) is 0.636. The molecule has 3 fully saturated rings. The predicted molar refractivity (Wildman–Crippen MR) is 113 cm³/mol. The van der Waals surface area contributed by atoms with E-state index in [0.29, 0.717) is 38.3 Å². The van der Waals surface area contributed by atoms with Crippen LogP contribution in [-0.4, -0.2) is 73.1 Å². The van der Waals surface area contributed by atoms with Crippen LogP contribution in [0.4, 0.5) is 0 Å². The van der Waals surface area contributed by atoms with E-state index in [1.54, 1.807) is 33.5 Å². The van der Waals surface area contributed by atoms with Crippen molar-refractivity contribution in [2.45, 2.75) is 56.4 Å². The number of sulfonamides is 1. The summed E-state index contributed by atoms with van der Waals surface area (Å²) in [6.07, 6.45) is 5.94. The number of hydrogen-bond donors (Lipinski definition) is 0. The molecule has 1 aromatic rings. The Labute approximate surface area is 179 Å². The summed E-state index contributed by atoms with van der Waals surface area (Å²) in [5, 5.41) is 0. The number of piperidine rings is 1. The standard InChI is InChI=1S/C22H31N3O4S/c1-17-5-2-3-12-25(17)30(28,29)20-10-8-19(9-11-20)22(27)24-15-13-23(14-16-24)21(26)18-6-4-7-18/h8-11,17-18H,2-7,12-16H2,1H3. The molecule has 164 valence electrons. The Morgan fingerprint density at radius 2 is 1.47 bits per heavy atom. The number of benzene rings is 1. The summed E-state index contributed by atoms with van der Waals surface area (Å²) < 4.78 is 27.5. The van der Waals surface area contributed by atoms with Crippen LogP contribution < -0.4 is 0 Å². The van der Waals surface area contributed by atoms with Gasteiger partial charge in [-0.25, -0.2) is 8.42 Å². The first-order chi connectivity index (χ1) is 14.4. The molecular weight excluding hydrogens is 402 g/mol. The maximum absolute atomic E-state index is 13.0. The van der Waals surface area contributed by atoms with Crippen molar-refractivity contribution < 1.29 is 18.0 Å². The van der Waals surface area contributed by atoms with Crippen LogP contribution in [0.25, 0.3) is 0 Å². The zero-order chi connectivity index (χ0) is 21.3. The van der Waals surface area contributed by atoms with Gasteiger partial charge in [0.15, 0.2) is 0 Å². The van der Waals surface area contributed by atoms with Crippen molar-refractivity contribution in [2.24, 2.45) is 5.92 Å². The van der Waals surface area contributed by atoms with Crippen LogP contribution in [0.2, 0.25) is 0 Å². The summed E-state index contributed by atoms with van der Waals surface area (Å²) in [4.78, 5) is 29.1. The van der Waals surface area contributed by atoms with E-state index in [4.69, 9.17) is 0 Å². The number of carbonyl (C=O) groups excluding carboxylic acids is 2. The monoisotopic (exact) mass is 433 g/mol. The van der Waals surface area contributed by atoms with Crippen LogP contribution in [0.3, 0.4) is 0 Å². The minimum absolute atomic E-state index is 0.00370. The first kappa shape index (κ1) is 21.3. The van der Waals surface area contributed by atoms with E-state index in [2.05, 4.69) is 0 Å². The number of piperazine rings is 1. The van der Waals surface area contributed by atoms with Crippen molar-refractivity contribution in [3.63, 3.8) is 0 Å². The fourth-order valence-electron chi connectivity index (χ4n) is 4.56. The molecule has 0 radical (unpaired) electrons. The normalized spacial score (nSPS) is 23.8. The van der Waals surface area contributed by atoms with E-state index in [9.17, 15) is 18.0 Å². The van der Waals surface area contributed by atoms with Crippen LogP contribution in [0.5, 0.6) is 0 Å². The molecule has 2 saturated heterocycles. The average Bonchev–Trinajstić information content (AvgIpc) is 2.72. The van der Waals surface area contributed by atoms with Gasteiger partial charge in [-0.2, -0.15) is 4.31 Å². The van der Waals surface area contributed by atoms with E-state index >= 15 is 0 Å². The number of amides is 2. The lowest BCUT2D eigenvalue weighted by molar-refractivity contribution is -0.139. The summed E-state index contributed by atoms with van der Waals surface area (Å²) in [6, 6.07) is 6.30. The molecule has 1 aromatic carbocycles. The third kappa shape index (κ3) is 4.12. The highest BCUT2D eigenvalue weighted by atomic mass is 32.2. The van der Waals surface area contributed by atoms with Crippen LogP contribution in [0.1, 0.15) is 55.8 Å². The molecule has 2 amide bonds. The third-order valence-electron chi connectivity index (χ3n) is 6.78. The summed E-state index contributed by atoms with van der Waals surface area (Å²) >= 11 is 0. The van der Waals surface area contributed by atoms with Gasteiger partial charge < -0.3 is 9.80 Å². The molecule has 1 aliphatic carbocycles. The Kier molecular flexibility index (Phi) is 6.16. The maximum Gasteiger partial charge on any atom is 0.253 e. The van der Waals surface area contributed by atoms with Crippen LogP contribution in [0.15, 0.2) is 29.2 Å². The first-order valence-electron chi connectivity index (χ1n) is 11.1. The molecule has 7 nitrogen and oxygen atoms in total. The summed E-state index contributed by atoms with van der Waals surface area (Å²) in [6.45, 7) is 4.67. The molecule has 4 rings (SSSR count). The van der Waals surface area contributed by atoms with Crippen molar-refractivity contribution >= 4 is 21.8 Å². The van der Waals surface area contributed by atoms with Gasteiger partial charge in [-0.1, -0.05) is 12.8 Å². The zero-order valence-electron chi connectivity index (χ0n) is 17.6. The molecule has 8 heteroatoms. The predicted octanol–water partition coefficient (Wildman–Crippen LogP) is 2.33. The zero-order valence-corrected chi connectivity index (χ0v) is 18.4. The van der Waals surface area contributed by atoms with Gasteiger partial charge in [0.05, 0.1) is 4.90 Å². The molecular formula is C22H31N3O4S. The molecule has 0 bridgehead atoms. The van der Waals surface area contributed by atoms with E-state index in [1.807, 2.05) is 11.8 Å². The van der Waals surface area contributed by atoms with E-state index < -0.39 is 10.0 Å². The molecule has 30 heavy (non-hydrogen) atoms. The summed E-state index contributed by atoms with van der Waals surface area (Å²) in [5.74, 6) is 0.306. The van der Waals surface area contributed by atoms with E-state index in [1.165, 1.54) is 0 Å². The van der Waals surface area contributed by atoms with Crippen LogP contribution in [0, 0.1) is 5.92 Å². The lowest BCUT2D eigenvalue weighted by atomic mass is 9.84. The Balaban J connectivity index is 1.38. The Morgan fingerprint density at radius 1 is 0.833 bits per heavy atom. The van der Waals surface area contributed by atoms with E-state index in [-0.39, 0.29) is 28.7 Å². The fourth-order valence-corrected chi connectivity index (χ4v) is 6.26. The number of rotatable bonds is 4. The smallest absolute Gasteiger partial charge is 0.253 e. The van der Waals surface area contributed by atoms with Crippen LogP contribution >= 0.6 is 0 Å². The van der Waals surface area contributed by atoms with E-state index in [0.717, 1.165) is 38.5 Å². The minimum Gasteiger partial charge on any atom is -0.339 e. The number of nitrogens with zero attached hydrogens (tertiary/aromatic N) is 3. The van der Waals surface area contributed by atoms with Gasteiger partial charge in [0.1, 0.15) is 0 Å². The highest BCUT2D eigenvalue weighted by molar-refractivity contribution is 7.89. The van der Waals surface area contributed by atoms with Crippen molar-refractivity contribution in [1.82, 2.24) is 14.1 Å². The number of carbonyl (C=O) groups is 2. The second-order valence-electron chi connectivity index (χ2n) is 8.73. The van der Waals surface area contributed by atoms with Gasteiger partial charge in [0.25, 0.3) is 5.91 Å². The second-order valence-corrected chi connectivity index (χ2v) is 10.6. The Morgan fingerprint density at radius 3 is 2.03 bits per heavy atom. The minimum atomic E-state index is -3.54. The Bertz CT molecular complexity index is 887. The number of hydrogen-bond acceptors (Lipinski definition) is 4. The molecule has 1 unspecified atom stereocenters. The lowest BCUT2D eigenvalue weighted by Gasteiger charge is -2.38.